The van der Waals surface area contributed by atoms with Crippen molar-refractivity contribution < 1.29 is 4.79 Å². The highest BCUT2D eigenvalue weighted by molar-refractivity contribution is 5.49. The van der Waals surface area contributed by atoms with Gasteiger partial charge in [-0.3, -0.25) is 0 Å². The molecule has 0 amide bonds. The van der Waals surface area contributed by atoms with Crippen LogP contribution >= 0.6 is 0 Å². The molecular formula is C16H28O. The topological polar surface area (TPSA) is 17.1 Å². The van der Waals surface area contributed by atoms with Gasteiger partial charge in [-0.05, 0) is 12.8 Å². The van der Waals surface area contributed by atoms with Gasteiger partial charge >= 0.3 is 0 Å². The number of carbonyl (C=O) groups excluding carboxylic acids is 1. The minimum Gasteiger partial charge on any atom is -0.303 e. The van der Waals surface area contributed by atoms with Crippen LogP contribution in [0.1, 0.15) is 84.0 Å². The summed E-state index contributed by atoms with van der Waals surface area (Å²) in [6, 6.07) is 0. The van der Waals surface area contributed by atoms with E-state index in [4.69, 9.17) is 0 Å². The molecule has 0 aromatic rings. The van der Waals surface area contributed by atoms with E-state index in [1.54, 1.807) is 0 Å². The number of rotatable bonds is 11. The zero-order chi connectivity index (χ0) is 12.6. The molecule has 17 heavy (non-hydrogen) atoms. The first-order valence-corrected chi connectivity index (χ1v) is 7.31. The standard InChI is InChI=1S/C16H28O/c1-2-3-4-5-6-7-8-9-10-11-12-13-14-15-16-17/h16H,2-10,13-15H2,1H3. The molecule has 1 heteroatoms. The average molecular weight is 236 g/mol. The van der Waals surface area contributed by atoms with Gasteiger partial charge in [0.25, 0.3) is 0 Å². The van der Waals surface area contributed by atoms with Crippen LogP contribution in [0, 0.1) is 11.8 Å². The molecule has 0 heterocycles. The maximum atomic E-state index is 10.1. The number of carbonyl (C=O) groups is 1. The summed E-state index contributed by atoms with van der Waals surface area (Å²) in [6.07, 6.45) is 15.4. The van der Waals surface area contributed by atoms with Gasteiger partial charge < -0.3 is 4.79 Å². The lowest BCUT2D eigenvalue weighted by Gasteiger charge is -1.99. The quantitative estimate of drug-likeness (QED) is 0.283. The van der Waals surface area contributed by atoms with Gasteiger partial charge in [-0.15, -0.1) is 11.8 Å². The number of unbranched alkanes of at least 4 members (excludes halogenated alkanes) is 10. The van der Waals surface area contributed by atoms with E-state index in [0.29, 0.717) is 6.42 Å². The van der Waals surface area contributed by atoms with Crippen molar-refractivity contribution in [3.63, 3.8) is 0 Å². The van der Waals surface area contributed by atoms with Crippen LogP contribution in [-0.2, 0) is 4.79 Å². The van der Waals surface area contributed by atoms with Crippen LogP contribution < -0.4 is 0 Å². The Morgan fingerprint density at radius 1 is 0.765 bits per heavy atom. The van der Waals surface area contributed by atoms with Crippen LogP contribution in [0.2, 0.25) is 0 Å². The Labute approximate surface area is 107 Å². The summed E-state index contributed by atoms with van der Waals surface area (Å²) >= 11 is 0. The first-order chi connectivity index (χ1) is 8.41. The summed E-state index contributed by atoms with van der Waals surface area (Å²) in [5.74, 6) is 6.32. The highest BCUT2D eigenvalue weighted by Crippen LogP contribution is 2.09. The highest BCUT2D eigenvalue weighted by atomic mass is 16.1. The maximum Gasteiger partial charge on any atom is 0.120 e. The largest absolute Gasteiger partial charge is 0.303 e. The van der Waals surface area contributed by atoms with Crippen LogP contribution in [-0.4, -0.2) is 6.29 Å². The molecule has 0 rings (SSSR count). The number of aldehydes is 1. The van der Waals surface area contributed by atoms with Crippen LogP contribution in [0.4, 0.5) is 0 Å². The molecule has 0 unspecified atom stereocenters. The Bertz CT molecular complexity index is 209. The summed E-state index contributed by atoms with van der Waals surface area (Å²) in [7, 11) is 0. The summed E-state index contributed by atoms with van der Waals surface area (Å²) in [4.78, 5) is 10.1. The molecule has 0 bridgehead atoms. The molecule has 0 saturated heterocycles. The lowest BCUT2D eigenvalue weighted by atomic mass is 10.1. The lowest BCUT2D eigenvalue weighted by molar-refractivity contribution is -0.107. The second-order valence-corrected chi connectivity index (χ2v) is 4.64. The SMILES string of the molecule is CCCCCCCCCCC#CCCCC=O. The van der Waals surface area contributed by atoms with Crippen molar-refractivity contribution in [1.82, 2.24) is 0 Å². The van der Waals surface area contributed by atoms with Crippen LogP contribution in [0.15, 0.2) is 0 Å². The molecular weight excluding hydrogens is 208 g/mol. The number of hydrogen-bond donors (Lipinski definition) is 0. The fourth-order valence-corrected chi connectivity index (χ4v) is 1.80. The van der Waals surface area contributed by atoms with Crippen molar-refractivity contribution in [2.24, 2.45) is 0 Å². The molecule has 98 valence electrons. The summed E-state index contributed by atoms with van der Waals surface area (Å²) in [6.45, 7) is 2.26. The molecule has 0 radical (unpaired) electrons. The van der Waals surface area contributed by atoms with E-state index in [1.165, 1.54) is 51.4 Å². The third kappa shape index (κ3) is 15.2. The van der Waals surface area contributed by atoms with Crippen LogP contribution in [0.25, 0.3) is 0 Å². The van der Waals surface area contributed by atoms with E-state index in [2.05, 4.69) is 18.8 Å². The Morgan fingerprint density at radius 2 is 1.29 bits per heavy atom. The molecule has 0 aliphatic heterocycles. The molecule has 0 fully saturated rings. The van der Waals surface area contributed by atoms with Gasteiger partial charge in [0.05, 0.1) is 0 Å². The second-order valence-electron chi connectivity index (χ2n) is 4.64. The summed E-state index contributed by atoms with van der Waals surface area (Å²) < 4.78 is 0. The fraction of sp³-hybridized carbons (Fsp3) is 0.812. The van der Waals surface area contributed by atoms with Crippen LogP contribution in [0.3, 0.4) is 0 Å². The smallest absolute Gasteiger partial charge is 0.120 e. The fourth-order valence-electron chi connectivity index (χ4n) is 1.80. The van der Waals surface area contributed by atoms with Crippen molar-refractivity contribution in [3.8, 4) is 11.8 Å². The van der Waals surface area contributed by atoms with Gasteiger partial charge in [0.2, 0.25) is 0 Å². The highest BCUT2D eigenvalue weighted by Gasteiger charge is 1.90. The lowest BCUT2D eigenvalue weighted by Crippen LogP contribution is -1.80. The Morgan fingerprint density at radius 3 is 1.88 bits per heavy atom. The van der Waals surface area contributed by atoms with Crippen molar-refractivity contribution in [3.05, 3.63) is 0 Å². The van der Waals surface area contributed by atoms with E-state index < -0.39 is 0 Å². The molecule has 0 aromatic carbocycles. The third-order valence-corrected chi connectivity index (χ3v) is 2.90. The number of hydrogen-bond acceptors (Lipinski definition) is 1. The Hall–Kier alpha value is -0.770. The minimum absolute atomic E-state index is 0.659. The van der Waals surface area contributed by atoms with Gasteiger partial charge in [0.1, 0.15) is 6.29 Å². The van der Waals surface area contributed by atoms with Crippen molar-refractivity contribution in [1.29, 1.82) is 0 Å². The zero-order valence-electron chi connectivity index (χ0n) is 11.5. The first-order valence-electron chi connectivity index (χ1n) is 7.31. The van der Waals surface area contributed by atoms with Crippen molar-refractivity contribution >= 4 is 6.29 Å². The van der Waals surface area contributed by atoms with Gasteiger partial charge in [-0.1, -0.05) is 51.9 Å². The van der Waals surface area contributed by atoms with E-state index in [1.807, 2.05) is 0 Å². The molecule has 1 nitrogen and oxygen atoms in total. The van der Waals surface area contributed by atoms with Crippen molar-refractivity contribution in [2.45, 2.75) is 84.0 Å². The predicted octanol–water partition coefficient (Wildman–Crippen LogP) is 4.89. The predicted molar refractivity (Wildman–Crippen MR) is 74.9 cm³/mol. The van der Waals surface area contributed by atoms with Gasteiger partial charge in [0.15, 0.2) is 0 Å². The molecule has 0 saturated carbocycles. The third-order valence-electron chi connectivity index (χ3n) is 2.90. The average Bonchev–Trinajstić information content (AvgIpc) is 2.35. The normalized spacial score (nSPS) is 9.71. The monoisotopic (exact) mass is 236 g/mol. The second kappa shape index (κ2) is 15.2. The molecule has 0 N–H and O–H groups in total. The maximum absolute atomic E-state index is 10.1. The zero-order valence-corrected chi connectivity index (χ0v) is 11.5. The van der Waals surface area contributed by atoms with Gasteiger partial charge in [0, 0.05) is 19.3 Å². The van der Waals surface area contributed by atoms with Crippen molar-refractivity contribution in [2.75, 3.05) is 0 Å². The summed E-state index contributed by atoms with van der Waals surface area (Å²) in [5, 5.41) is 0. The molecule has 0 aliphatic rings. The summed E-state index contributed by atoms with van der Waals surface area (Å²) in [5.41, 5.74) is 0. The molecule has 0 aromatic heterocycles. The minimum atomic E-state index is 0.659. The van der Waals surface area contributed by atoms with Crippen LogP contribution in [0.5, 0.6) is 0 Å². The van der Waals surface area contributed by atoms with Gasteiger partial charge in [-0.25, -0.2) is 0 Å². The molecule has 0 spiro atoms. The van der Waals surface area contributed by atoms with E-state index in [-0.39, 0.29) is 0 Å². The molecule has 0 atom stereocenters. The Kier molecular flexibility index (Phi) is 14.5. The molecule has 0 aliphatic carbocycles. The first kappa shape index (κ1) is 16.2. The van der Waals surface area contributed by atoms with E-state index >= 15 is 0 Å². The Balaban J connectivity index is 3.04. The van der Waals surface area contributed by atoms with Gasteiger partial charge in [-0.2, -0.15) is 0 Å². The van der Waals surface area contributed by atoms with E-state index in [0.717, 1.165) is 25.5 Å². The van der Waals surface area contributed by atoms with E-state index in [9.17, 15) is 4.79 Å².